The van der Waals surface area contributed by atoms with Crippen LogP contribution in [0.25, 0.3) is 5.76 Å². The van der Waals surface area contributed by atoms with Crippen LogP contribution in [0.15, 0.2) is 60.7 Å². The standard InChI is InChI=1S/C28H32N2O5/c1-4-15-35-22-9-7-21(8-10-22)25-24(26(31)23-18-19(2)5-6-20(23)3)27(32)28(33)30(25)12-11-29-13-16-34-17-14-29/h4-10,18,25,31H,1,11-17H2,2-3H3. The zero-order valence-corrected chi connectivity index (χ0v) is 20.3. The molecule has 0 bridgehead atoms. The molecule has 35 heavy (non-hydrogen) atoms. The van der Waals surface area contributed by atoms with E-state index in [-0.39, 0.29) is 11.3 Å². The lowest BCUT2D eigenvalue weighted by molar-refractivity contribution is -0.140. The molecule has 2 saturated heterocycles. The molecule has 0 spiro atoms. The fraction of sp³-hybridized carbons (Fsp3) is 0.357. The summed E-state index contributed by atoms with van der Waals surface area (Å²) in [6.07, 6.45) is 1.67. The molecule has 1 atom stereocenters. The van der Waals surface area contributed by atoms with Gasteiger partial charge in [0.15, 0.2) is 0 Å². The Morgan fingerprint density at radius 1 is 1.11 bits per heavy atom. The Morgan fingerprint density at radius 3 is 2.51 bits per heavy atom. The molecular weight excluding hydrogens is 444 g/mol. The molecule has 7 heteroatoms. The highest BCUT2D eigenvalue weighted by Crippen LogP contribution is 2.40. The number of nitrogens with zero attached hydrogens (tertiary/aromatic N) is 2. The fourth-order valence-electron chi connectivity index (χ4n) is 4.57. The number of ether oxygens (including phenoxy) is 2. The van der Waals surface area contributed by atoms with Crippen molar-refractivity contribution < 1.29 is 24.2 Å². The maximum absolute atomic E-state index is 13.3. The third-order valence-electron chi connectivity index (χ3n) is 6.51. The summed E-state index contributed by atoms with van der Waals surface area (Å²) in [6, 6.07) is 12.3. The van der Waals surface area contributed by atoms with Crippen LogP contribution >= 0.6 is 0 Å². The summed E-state index contributed by atoms with van der Waals surface area (Å²) in [5, 5.41) is 11.4. The number of carbonyl (C=O) groups is 2. The van der Waals surface area contributed by atoms with Crippen molar-refractivity contribution in [2.24, 2.45) is 0 Å². The highest BCUT2D eigenvalue weighted by atomic mass is 16.5. The summed E-state index contributed by atoms with van der Waals surface area (Å²) in [5.74, 6) is -0.742. The van der Waals surface area contributed by atoms with E-state index in [4.69, 9.17) is 9.47 Å². The largest absolute Gasteiger partial charge is 0.507 e. The van der Waals surface area contributed by atoms with Crippen molar-refractivity contribution in [3.63, 3.8) is 0 Å². The highest BCUT2D eigenvalue weighted by Gasteiger charge is 2.46. The van der Waals surface area contributed by atoms with E-state index in [0.29, 0.717) is 44.2 Å². The number of Topliss-reactive ketones (excluding diaryl/α,β-unsaturated/α-hetero) is 1. The molecule has 2 fully saturated rings. The molecule has 2 aliphatic rings. The molecule has 2 aromatic rings. The number of aryl methyl sites for hydroxylation is 2. The Morgan fingerprint density at radius 2 is 1.83 bits per heavy atom. The SMILES string of the molecule is C=CCOc1ccc(C2C(=C(O)c3cc(C)ccc3C)C(=O)C(=O)N2CCN2CCOCC2)cc1. The van der Waals surface area contributed by atoms with Gasteiger partial charge in [0.2, 0.25) is 0 Å². The van der Waals surface area contributed by atoms with Crippen LogP contribution in [0, 0.1) is 13.8 Å². The lowest BCUT2D eigenvalue weighted by Crippen LogP contribution is -2.42. The number of morpholine rings is 1. The predicted octanol–water partition coefficient (Wildman–Crippen LogP) is 3.62. The summed E-state index contributed by atoms with van der Waals surface area (Å²) >= 11 is 0. The van der Waals surface area contributed by atoms with Gasteiger partial charge in [-0.05, 0) is 43.2 Å². The predicted molar refractivity (Wildman–Crippen MR) is 134 cm³/mol. The van der Waals surface area contributed by atoms with Crippen LogP contribution in [-0.2, 0) is 14.3 Å². The van der Waals surface area contributed by atoms with Gasteiger partial charge in [-0.25, -0.2) is 0 Å². The van der Waals surface area contributed by atoms with Crippen molar-refractivity contribution in [1.82, 2.24) is 9.80 Å². The monoisotopic (exact) mass is 476 g/mol. The molecule has 0 aromatic heterocycles. The van der Waals surface area contributed by atoms with Crippen molar-refractivity contribution in [1.29, 1.82) is 0 Å². The summed E-state index contributed by atoms with van der Waals surface area (Å²) in [6.45, 7) is 11.7. The molecule has 4 rings (SSSR count). The van der Waals surface area contributed by atoms with E-state index in [2.05, 4.69) is 11.5 Å². The average Bonchev–Trinajstić information content (AvgIpc) is 3.13. The van der Waals surface area contributed by atoms with Gasteiger partial charge < -0.3 is 19.5 Å². The third kappa shape index (κ3) is 5.31. The van der Waals surface area contributed by atoms with Crippen LogP contribution in [0.1, 0.15) is 28.3 Å². The Kier molecular flexibility index (Phi) is 7.68. The van der Waals surface area contributed by atoms with E-state index in [1.54, 1.807) is 23.1 Å². The number of hydrogen-bond donors (Lipinski definition) is 1. The van der Waals surface area contributed by atoms with Crippen molar-refractivity contribution in [2.75, 3.05) is 46.0 Å². The number of likely N-dealkylation sites (tertiary alicyclic amines) is 1. The fourth-order valence-corrected chi connectivity index (χ4v) is 4.57. The molecule has 0 aliphatic carbocycles. The molecule has 1 amide bonds. The average molecular weight is 477 g/mol. The van der Waals surface area contributed by atoms with E-state index >= 15 is 0 Å². The van der Waals surface area contributed by atoms with Gasteiger partial charge in [-0.3, -0.25) is 14.5 Å². The van der Waals surface area contributed by atoms with Gasteiger partial charge in [0, 0.05) is 31.7 Å². The number of ketones is 1. The van der Waals surface area contributed by atoms with Crippen molar-refractivity contribution in [2.45, 2.75) is 19.9 Å². The summed E-state index contributed by atoms with van der Waals surface area (Å²) in [7, 11) is 0. The van der Waals surface area contributed by atoms with Gasteiger partial charge in [-0.15, -0.1) is 0 Å². The molecule has 2 heterocycles. The van der Waals surface area contributed by atoms with E-state index in [1.807, 2.05) is 44.2 Å². The first-order valence-electron chi connectivity index (χ1n) is 11.9. The van der Waals surface area contributed by atoms with Crippen LogP contribution in [0.3, 0.4) is 0 Å². The molecule has 0 radical (unpaired) electrons. The molecule has 2 aromatic carbocycles. The minimum atomic E-state index is -0.690. The lowest BCUT2D eigenvalue weighted by atomic mass is 9.93. The van der Waals surface area contributed by atoms with Crippen molar-refractivity contribution in [3.8, 4) is 5.75 Å². The molecule has 184 valence electrons. The summed E-state index contributed by atoms with van der Waals surface area (Å²) in [5.41, 5.74) is 3.21. The Labute approximate surface area is 206 Å². The molecule has 7 nitrogen and oxygen atoms in total. The van der Waals surface area contributed by atoms with E-state index < -0.39 is 17.7 Å². The van der Waals surface area contributed by atoms with Gasteiger partial charge in [-0.1, -0.05) is 42.5 Å². The minimum Gasteiger partial charge on any atom is -0.507 e. The molecule has 2 aliphatic heterocycles. The second kappa shape index (κ2) is 10.9. The van der Waals surface area contributed by atoms with Crippen molar-refractivity contribution >= 4 is 17.4 Å². The van der Waals surface area contributed by atoms with Gasteiger partial charge >= 0.3 is 0 Å². The van der Waals surface area contributed by atoms with Crippen molar-refractivity contribution in [3.05, 3.63) is 82.9 Å². The number of rotatable bonds is 8. The van der Waals surface area contributed by atoms with E-state index in [9.17, 15) is 14.7 Å². The summed E-state index contributed by atoms with van der Waals surface area (Å²) in [4.78, 5) is 30.3. The number of aliphatic hydroxyl groups is 1. The number of aliphatic hydroxyl groups excluding tert-OH is 1. The molecule has 1 N–H and O–H groups in total. The quantitative estimate of drug-likeness (QED) is 0.271. The first kappa shape index (κ1) is 24.7. The van der Waals surface area contributed by atoms with Gasteiger partial charge in [0.1, 0.15) is 18.1 Å². The minimum absolute atomic E-state index is 0.116. The smallest absolute Gasteiger partial charge is 0.295 e. The number of carbonyl (C=O) groups excluding carboxylic acids is 2. The zero-order chi connectivity index (χ0) is 24.9. The van der Waals surface area contributed by atoms with E-state index in [1.165, 1.54) is 0 Å². The van der Waals surface area contributed by atoms with Gasteiger partial charge in [0.25, 0.3) is 11.7 Å². The second-order valence-electron chi connectivity index (χ2n) is 8.93. The normalized spacial score (nSPS) is 20.3. The van der Waals surface area contributed by atoms with Crippen LogP contribution < -0.4 is 4.74 Å². The zero-order valence-electron chi connectivity index (χ0n) is 20.3. The van der Waals surface area contributed by atoms with Gasteiger partial charge in [0.05, 0.1) is 24.8 Å². The van der Waals surface area contributed by atoms with Gasteiger partial charge in [-0.2, -0.15) is 0 Å². The third-order valence-corrected chi connectivity index (χ3v) is 6.51. The van der Waals surface area contributed by atoms with Crippen LogP contribution in [0.5, 0.6) is 5.75 Å². The first-order valence-corrected chi connectivity index (χ1v) is 11.9. The maximum atomic E-state index is 13.3. The van der Waals surface area contributed by atoms with Crippen LogP contribution in [0.2, 0.25) is 0 Å². The first-order chi connectivity index (χ1) is 16.9. The topological polar surface area (TPSA) is 79.3 Å². The Balaban J connectivity index is 1.74. The highest BCUT2D eigenvalue weighted by molar-refractivity contribution is 6.46. The van der Waals surface area contributed by atoms with Crippen LogP contribution in [0.4, 0.5) is 0 Å². The molecule has 0 saturated carbocycles. The number of benzene rings is 2. The number of hydrogen-bond acceptors (Lipinski definition) is 6. The Hall–Kier alpha value is -3.42. The molecular formula is C28H32N2O5. The van der Waals surface area contributed by atoms with E-state index in [0.717, 1.165) is 29.8 Å². The Bertz CT molecular complexity index is 1130. The molecule has 1 unspecified atom stereocenters. The lowest BCUT2D eigenvalue weighted by Gasteiger charge is -2.31. The maximum Gasteiger partial charge on any atom is 0.295 e. The second-order valence-corrected chi connectivity index (χ2v) is 8.93. The number of amides is 1. The van der Waals surface area contributed by atoms with Crippen LogP contribution in [-0.4, -0.2) is 72.6 Å². The summed E-state index contributed by atoms with van der Waals surface area (Å²) < 4.78 is 11.0.